The lowest BCUT2D eigenvalue weighted by atomic mass is 10.2. The first-order chi connectivity index (χ1) is 9.88. The first-order valence-corrected chi connectivity index (χ1v) is 6.59. The third-order valence-electron chi connectivity index (χ3n) is 2.65. The zero-order valence-corrected chi connectivity index (χ0v) is 11.6. The second kappa shape index (κ2) is 5.71. The number of carbonyl (C=O) groups excluding carboxylic acids is 1. The predicted octanol–water partition coefficient (Wildman–Crippen LogP) is 2.92. The number of carbonyl (C=O) groups is 2. The molecule has 0 spiro atoms. The van der Waals surface area contributed by atoms with E-state index in [4.69, 9.17) is 5.11 Å². The number of nitro benzene ring substituents is 1. The number of nitrogens with zero attached hydrogens (tertiary/aromatic N) is 1. The molecule has 2 rings (SSSR count). The minimum absolute atomic E-state index is 0.0211. The van der Waals surface area contributed by atoms with Crippen molar-refractivity contribution in [3.63, 3.8) is 0 Å². The molecule has 1 aromatic carbocycles. The van der Waals surface area contributed by atoms with Crippen molar-refractivity contribution in [2.75, 3.05) is 5.32 Å². The number of hydrogen-bond donors (Lipinski definition) is 2. The first-order valence-electron chi connectivity index (χ1n) is 5.78. The number of hydrogen-bond acceptors (Lipinski definition) is 5. The first kappa shape index (κ1) is 14.7. The number of nitrogens with one attached hydrogen (secondary N) is 1. The molecule has 0 aliphatic heterocycles. The van der Waals surface area contributed by atoms with Crippen molar-refractivity contribution < 1.29 is 19.6 Å². The molecule has 8 heteroatoms. The number of nitro groups is 1. The monoisotopic (exact) mass is 306 g/mol. The van der Waals surface area contributed by atoms with Crippen LogP contribution < -0.4 is 5.32 Å². The van der Waals surface area contributed by atoms with Gasteiger partial charge in [0.2, 0.25) is 0 Å². The van der Waals surface area contributed by atoms with Crippen LogP contribution in [0.2, 0.25) is 0 Å². The Balaban J connectivity index is 2.22. The van der Waals surface area contributed by atoms with Gasteiger partial charge in [-0.05, 0) is 25.1 Å². The largest absolute Gasteiger partial charge is 0.478 e. The number of aromatic carboxylic acids is 1. The summed E-state index contributed by atoms with van der Waals surface area (Å²) < 4.78 is 0. The minimum Gasteiger partial charge on any atom is -0.478 e. The van der Waals surface area contributed by atoms with E-state index in [-0.39, 0.29) is 21.8 Å². The van der Waals surface area contributed by atoms with E-state index in [1.807, 2.05) is 0 Å². The molecule has 0 radical (unpaired) electrons. The number of anilines is 1. The van der Waals surface area contributed by atoms with Gasteiger partial charge in [0.05, 0.1) is 10.5 Å². The van der Waals surface area contributed by atoms with E-state index < -0.39 is 16.8 Å². The Bertz CT molecular complexity index is 721. The van der Waals surface area contributed by atoms with Gasteiger partial charge in [-0.3, -0.25) is 14.9 Å². The highest BCUT2D eigenvalue weighted by Crippen LogP contribution is 2.28. The summed E-state index contributed by atoms with van der Waals surface area (Å²) in [7, 11) is 0. The van der Waals surface area contributed by atoms with Crippen LogP contribution in [0.25, 0.3) is 0 Å². The molecule has 0 atom stereocenters. The van der Waals surface area contributed by atoms with Crippen LogP contribution in [0.1, 0.15) is 25.6 Å². The van der Waals surface area contributed by atoms with Crippen LogP contribution in [0.15, 0.2) is 30.3 Å². The molecular weight excluding hydrogens is 296 g/mol. The van der Waals surface area contributed by atoms with Gasteiger partial charge < -0.3 is 10.4 Å². The predicted molar refractivity (Wildman–Crippen MR) is 77.1 cm³/mol. The topological polar surface area (TPSA) is 110 Å². The van der Waals surface area contributed by atoms with Gasteiger partial charge in [-0.15, -0.1) is 11.3 Å². The van der Waals surface area contributed by atoms with Crippen molar-refractivity contribution >= 4 is 33.9 Å². The zero-order valence-electron chi connectivity index (χ0n) is 10.8. The molecule has 0 saturated carbocycles. The summed E-state index contributed by atoms with van der Waals surface area (Å²) in [5.74, 6) is -1.65. The third-order valence-corrected chi connectivity index (χ3v) is 3.62. The summed E-state index contributed by atoms with van der Waals surface area (Å²) in [5, 5.41) is 22.3. The van der Waals surface area contributed by atoms with Crippen LogP contribution in [0.3, 0.4) is 0 Å². The van der Waals surface area contributed by atoms with Crippen molar-refractivity contribution in [1.29, 1.82) is 0 Å². The minimum atomic E-state index is -1.13. The van der Waals surface area contributed by atoms with Gasteiger partial charge in [0, 0.05) is 22.6 Å². The molecule has 0 aliphatic rings. The average molecular weight is 306 g/mol. The van der Waals surface area contributed by atoms with Crippen molar-refractivity contribution in [2.24, 2.45) is 0 Å². The van der Waals surface area contributed by atoms with Gasteiger partial charge in [0.15, 0.2) is 0 Å². The van der Waals surface area contributed by atoms with E-state index in [2.05, 4.69) is 5.32 Å². The van der Waals surface area contributed by atoms with Crippen LogP contribution in [-0.4, -0.2) is 21.9 Å². The van der Waals surface area contributed by atoms with Crippen molar-refractivity contribution in [1.82, 2.24) is 0 Å². The number of aryl methyl sites for hydroxylation is 1. The van der Waals surface area contributed by atoms with Crippen LogP contribution in [-0.2, 0) is 0 Å². The highest BCUT2D eigenvalue weighted by atomic mass is 32.1. The molecule has 0 fully saturated rings. The Morgan fingerprint density at radius 2 is 1.90 bits per heavy atom. The molecule has 1 aromatic heterocycles. The lowest BCUT2D eigenvalue weighted by Crippen LogP contribution is -2.13. The lowest BCUT2D eigenvalue weighted by Gasteiger charge is -2.04. The van der Waals surface area contributed by atoms with Gasteiger partial charge in [0.1, 0.15) is 5.00 Å². The highest BCUT2D eigenvalue weighted by molar-refractivity contribution is 7.16. The average Bonchev–Trinajstić information content (AvgIpc) is 2.80. The maximum atomic E-state index is 12.0. The summed E-state index contributed by atoms with van der Waals surface area (Å²) in [6.07, 6.45) is 0. The van der Waals surface area contributed by atoms with Gasteiger partial charge in [0.25, 0.3) is 11.6 Å². The standard InChI is InChI=1S/C13H10N2O5S/c1-7-6-10(13(17)18)12(21-7)14-11(16)8-2-4-9(5-3-8)15(19)20/h2-6H,1H3,(H,14,16)(H,17,18). The molecule has 0 unspecified atom stereocenters. The smallest absolute Gasteiger partial charge is 0.338 e. The molecule has 7 nitrogen and oxygen atoms in total. The fraction of sp³-hybridized carbons (Fsp3) is 0.0769. The maximum Gasteiger partial charge on any atom is 0.338 e. The van der Waals surface area contributed by atoms with E-state index >= 15 is 0 Å². The molecule has 1 heterocycles. The Morgan fingerprint density at radius 1 is 1.29 bits per heavy atom. The number of non-ortho nitro benzene ring substituents is 1. The molecule has 0 saturated heterocycles. The fourth-order valence-corrected chi connectivity index (χ4v) is 2.57. The Kier molecular flexibility index (Phi) is 3.99. The molecule has 0 aliphatic carbocycles. The number of thiophene rings is 1. The molecule has 1 amide bonds. The normalized spacial score (nSPS) is 10.1. The van der Waals surface area contributed by atoms with Crippen LogP contribution in [0, 0.1) is 17.0 Å². The number of amides is 1. The van der Waals surface area contributed by atoms with Gasteiger partial charge in [-0.2, -0.15) is 0 Å². The second-order valence-electron chi connectivity index (χ2n) is 4.16. The Hall–Kier alpha value is -2.74. The third kappa shape index (κ3) is 3.23. The molecule has 2 aromatic rings. The summed E-state index contributed by atoms with van der Waals surface area (Å²) >= 11 is 1.15. The van der Waals surface area contributed by atoms with Gasteiger partial charge in [-0.25, -0.2) is 4.79 Å². The van der Waals surface area contributed by atoms with Gasteiger partial charge >= 0.3 is 5.97 Å². The number of rotatable bonds is 4. The molecule has 2 N–H and O–H groups in total. The quantitative estimate of drug-likeness (QED) is 0.666. The highest BCUT2D eigenvalue weighted by Gasteiger charge is 2.17. The summed E-state index contributed by atoms with van der Waals surface area (Å²) in [4.78, 5) is 33.8. The Labute approximate surface area is 123 Å². The molecule has 21 heavy (non-hydrogen) atoms. The summed E-state index contributed by atoms with van der Waals surface area (Å²) in [6, 6.07) is 6.53. The van der Waals surface area contributed by atoms with Gasteiger partial charge in [-0.1, -0.05) is 0 Å². The Morgan fingerprint density at radius 3 is 2.43 bits per heavy atom. The van der Waals surface area contributed by atoms with Crippen LogP contribution in [0.5, 0.6) is 0 Å². The summed E-state index contributed by atoms with van der Waals surface area (Å²) in [6.45, 7) is 1.73. The number of carboxylic acids is 1. The van der Waals surface area contributed by atoms with Crippen molar-refractivity contribution in [3.8, 4) is 0 Å². The lowest BCUT2D eigenvalue weighted by molar-refractivity contribution is -0.384. The molecular formula is C13H10N2O5S. The zero-order chi connectivity index (χ0) is 15.6. The fourth-order valence-electron chi connectivity index (χ4n) is 1.68. The second-order valence-corrected chi connectivity index (χ2v) is 5.42. The SMILES string of the molecule is Cc1cc(C(=O)O)c(NC(=O)c2ccc([N+](=O)[O-])cc2)s1. The van der Waals surface area contributed by atoms with E-state index in [1.165, 1.54) is 30.3 Å². The maximum absolute atomic E-state index is 12.0. The molecule has 108 valence electrons. The number of carboxylic acid groups (broad SMARTS) is 1. The van der Waals surface area contributed by atoms with Crippen molar-refractivity contribution in [3.05, 3.63) is 56.5 Å². The van der Waals surface area contributed by atoms with E-state index in [0.717, 1.165) is 16.2 Å². The van der Waals surface area contributed by atoms with E-state index in [0.29, 0.717) is 0 Å². The van der Waals surface area contributed by atoms with Crippen LogP contribution in [0.4, 0.5) is 10.7 Å². The van der Waals surface area contributed by atoms with E-state index in [1.54, 1.807) is 6.92 Å². The summed E-state index contributed by atoms with van der Waals surface area (Å²) in [5.41, 5.74) is 0.112. The molecule has 0 bridgehead atoms. The van der Waals surface area contributed by atoms with Crippen LogP contribution >= 0.6 is 11.3 Å². The van der Waals surface area contributed by atoms with Crippen molar-refractivity contribution in [2.45, 2.75) is 6.92 Å². The van der Waals surface area contributed by atoms with E-state index in [9.17, 15) is 19.7 Å². The number of benzene rings is 1.